The highest BCUT2D eigenvalue weighted by atomic mass is 19.4. The molecule has 0 spiro atoms. The molecule has 0 bridgehead atoms. The minimum atomic E-state index is -4.43. The van der Waals surface area contributed by atoms with Crippen molar-refractivity contribution in [3.8, 4) is 5.75 Å². The van der Waals surface area contributed by atoms with Crippen LogP contribution in [0.2, 0.25) is 0 Å². The summed E-state index contributed by atoms with van der Waals surface area (Å²) in [6.07, 6.45) is -2.55. The molecule has 1 fully saturated rings. The quantitative estimate of drug-likeness (QED) is 0.741. The van der Waals surface area contributed by atoms with Crippen molar-refractivity contribution in [2.24, 2.45) is 5.92 Å². The maximum atomic E-state index is 12.3. The molecule has 1 aliphatic carbocycles. The van der Waals surface area contributed by atoms with Gasteiger partial charge in [-0.25, -0.2) is 4.79 Å². The van der Waals surface area contributed by atoms with Gasteiger partial charge in [-0.05, 0) is 44.7 Å². The molecule has 24 heavy (non-hydrogen) atoms. The molecular formula is C16H21F3N2O3. The van der Waals surface area contributed by atoms with Crippen LogP contribution in [-0.4, -0.2) is 36.1 Å². The number of ether oxygens (including phenoxy) is 1. The van der Waals surface area contributed by atoms with Crippen molar-refractivity contribution in [1.29, 1.82) is 0 Å². The van der Waals surface area contributed by atoms with Crippen LogP contribution < -0.4 is 15.4 Å². The van der Waals surface area contributed by atoms with Crippen molar-refractivity contribution < 1.29 is 27.8 Å². The molecule has 2 rings (SSSR count). The van der Waals surface area contributed by atoms with Crippen LogP contribution in [0.3, 0.4) is 0 Å². The standard InChI is InChI=1S/C16H21F3N2O3/c1-10-12(4-3-5-13(10)24-9-16(17,18)19)20-14(23)21-15(2,8-22)11-6-7-11/h3-5,11,22H,6-9H2,1-2H3,(H2,20,21,23). The molecule has 8 heteroatoms. The summed E-state index contributed by atoms with van der Waals surface area (Å²) in [5, 5.41) is 14.8. The highest BCUT2D eigenvalue weighted by Crippen LogP contribution is 2.39. The van der Waals surface area contributed by atoms with Crippen LogP contribution >= 0.6 is 0 Å². The summed E-state index contributed by atoms with van der Waals surface area (Å²) in [4.78, 5) is 12.1. The van der Waals surface area contributed by atoms with Crippen molar-refractivity contribution >= 4 is 11.7 Å². The Morgan fingerprint density at radius 3 is 2.58 bits per heavy atom. The second-order valence-electron chi connectivity index (χ2n) is 6.26. The van der Waals surface area contributed by atoms with Crippen molar-refractivity contribution in [3.05, 3.63) is 23.8 Å². The lowest BCUT2D eigenvalue weighted by atomic mass is 9.97. The zero-order valence-electron chi connectivity index (χ0n) is 13.5. The first-order chi connectivity index (χ1) is 11.1. The van der Waals surface area contributed by atoms with Crippen molar-refractivity contribution in [2.45, 2.75) is 38.4 Å². The summed E-state index contributed by atoms with van der Waals surface area (Å²) < 4.78 is 41.5. The maximum Gasteiger partial charge on any atom is 0.422 e. The van der Waals surface area contributed by atoms with Crippen molar-refractivity contribution in [2.75, 3.05) is 18.5 Å². The van der Waals surface area contributed by atoms with Gasteiger partial charge >= 0.3 is 12.2 Å². The van der Waals surface area contributed by atoms with E-state index in [1.165, 1.54) is 12.1 Å². The SMILES string of the molecule is Cc1c(NC(=O)NC(C)(CO)C2CC2)cccc1OCC(F)(F)F. The number of aliphatic hydroxyl groups excluding tert-OH is 1. The predicted octanol–water partition coefficient (Wildman–Crippen LogP) is 3.22. The molecule has 3 N–H and O–H groups in total. The molecule has 1 unspecified atom stereocenters. The molecule has 0 heterocycles. The van der Waals surface area contributed by atoms with E-state index in [0.29, 0.717) is 11.3 Å². The van der Waals surface area contributed by atoms with E-state index in [4.69, 9.17) is 4.74 Å². The summed E-state index contributed by atoms with van der Waals surface area (Å²) >= 11 is 0. The summed E-state index contributed by atoms with van der Waals surface area (Å²) in [7, 11) is 0. The lowest BCUT2D eigenvalue weighted by Crippen LogP contribution is -2.52. The Labute approximate surface area is 138 Å². The van der Waals surface area contributed by atoms with Crippen LogP contribution in [0, 0.1) is 12.8 Å². The van der Waals surface area contributed by atoms with Gasteiger partial charge in [-0.2, -0.15) is 13.2 Å². The molecule has 134 valence electrons. The maximum absolute atomic E-state index is 12.3. The molecule has 0 aromatic heterocycles. The fourth-order valence-electron chi connectivity index (χ4n) is 2.47. The van der Waals surface area contributed by atoms with Gasteiger partial charge in [0, 0.05) is 11.3 Å². The highest BCUT2D eigenvalue weighted by molar-refractivity contribution is 5.91. The number of anilines is 1. The van der Waals surface area contributed by atoms with E-state index in [-0.39, 0.29) is 18.3 Å². The molecular weight excluding hydrogens is 325 g/mol. The third-order valence-electron chi connectivity index (χ3n) is 4.13. The Morgan fingerprint density at radius 2 is 2.04 bits per heavy atom. The smallest absolute Gasteiger partial charge is 0.422 e. The predicted molar refractivity (Wildman–Crippen MR) is 83.1 cm³/mol. The molecule has 1 aromatic carbocycles. The van der Waals surface area contributed by atoms with E-state index in [0.717, 1.165) is 12.8 Å². The third-order valence-corrected chi connectivity index (χ3v) is 4.13. The Balaban J connectivity index is 2.02. The van der Waals surface area contributed by atoms with E-state index >= 15 is 0 Å². The molecule has 0 saturated heterocycles. The molecule has 0 radical (unpaired) electrons. The van der Waals surface area contributed by atoms with E-state index < -0.39 is 24.4 Å². The van der Waals surface area contributed by atoms with Crippen molar-refractivity contribution in [3.63, 3.8) is 0 Å². The number of carbonyl (C=O) groups is 1. The van der Waals surface area contributed by atoms with E-state index in [9.17, 15) is 23.1 Å². The number of rotatable bonds is 6. The average Bonchev–Trinajstić information content (AvgIpc) is 3.32. The minimum absolute atomic E-state index is 0.0530. The summed E-state index contributed by atoms with van der Waals surface area (Å²) in [6, 6.07) is 3.96. The number of hydrogen-bond acceptors (Lipinski definition) is 3. The van der Waals surface area contributed by atoms with Gasteiger partial charge in [-0.1, -0.05) is 6.07 Å². The lowest BCUT2D eigenvalue weighted by Gasteiger charge is -2.29. The van der Waals surface area contributed by atoms with E-state index in [1.54, 1.807) is 19.9 Å². The second kappa shape index (κ2) is 6.88. The number of hydrogen-bond donors (Lipinski definition) is 3. The number of aliphatic hydroxyl groups is 1. The second-order valence-corrected chi connectivity index (χ2v) is 6.26. The van der Waals surface area contributed by atoms with Crippen LogP contribution in [0.25, 0.3) is 0 Å². The number of urea groups is 1. The van der Waals surface area contributed by atoms with Gasteiger partial charge < -0.3 is 20.5 Å². The van der Waals surface area contributed by atoms with Gasteiger partial charge in [0.1, 0.15) is 5.75 Å². The number of alkyl halides is 3. The third kappa shape index (κ3) is 4.77. The molecule has 1 atom stereocenters. The highest BCUT2D eigenvalue weighted by Gasteiger charge is 2.42. The largest absolute Gasteiger partial charge is 0.484 e. The molecule has 1 aliphatic rings. The first kappa shape index (κ1) is 18.4. The fourth-order valence-corrected chi connectivity index (χ4v) is 2.47. The number of halogens is 3. The van der Waals surface area contributed by atoms with Crippen LogP contribution in [0.15, 0.2) is 18.2 Å². The molecule has 1 saturated carbocycles. The summed E-state index contributed by atoms with van der Waals surface area (Å²) in [6.45, 7) is 1.75. The number of amides is 2. The Morgan fingerprint density at radius 1 is 1.38 bits per heavy atom. The Bertz CT molecular complexity index is 603. The van der Waals surface area contributed by atoms with Gasteiger partial charge in [0.15, 0.2) is 6.61 Å². The van der Waals surface area contributed by atoms with Crippen LogP contribution in [0.5, 0.6) is 5.75 Å². The van der Waals surface area contributed by atoms with Gasteiger partial charge in [-0.3, -0.25) is 0 Å². The first-order valence-electron chi connectivity index (χ1n) is 7.64. The average molecular weight is 346 g/mol. The first-order valence-corrected chi connectivity index (χ1v) is 7.64. The fraction of sp³-hybridized carbons (Fsp3) is 0.562. The van der Waals surface area contributed by atoms with Gasteiger partial charge in [0.2, 0.25) is 0 Å². The van der Waals surface area contributed by atoms with E-state index in [1.807, 2.05) is 0 Å². The molecule has 1 aromatic rings. The zero-order chi connectivity index (χ0) is 18.0. The zero-order valence-corrected chi connectivity index (χ0v) is 13.5. The summed E-state index contributed by atoms with van der Waals surface area (Å²) in [5.74, 6) is 0.285. The topological polar surface area (TPSA) is 70.6 Å². The van der Waals surface area contributed by atoms with Crippen LogP contribution in [0.1, 0.15) is 25.3 Å². The Kier molecular flexibility index (Phi) is 5.27. The molecule has 5 nitrogen and oxygen atoms in total. The minimum Gasteiger partial charge on any atom is -0.484 e. The number of carbonyl (C=O) groups excluding carboxylic acids is 1. The van der Waals surface area contributed by atoms with Crippen LogP contribution in [-0.2, 0) is 0 Å². The normalized spacial score (nSPS) is 17.1. The van der Waals surface area contributed by atoms with Crippen molar-refractivity contribution in [1.82, 2.24) is 5.32 Å². The molecule has 0 aliphatic heterocycles. The number of benzene rings is 1. The van der Waals surface area contributed by atoms with Gasteiger partial charge in [0.25, 0.3) is 0 Å². The van der Waals surface area contributed by atoms with E-state index in [2.05, 4.69) is 10.6 Å². The van der Waals surface area contributed by atoms with Crippen LogP contribution in [0.4, 0.5) is 23.7 Å². The van der Waals surface area contributed by atoms with Gasteiger partial charge in [-0.15, -0.1) is 0 Å². The van der Waals surface area contributed by atoms with Gasteiger partial charge in [0.05, 0.1) is 12.1 Å². The Hall–Kier alpha value is -1.96. The number of nitrogens with one attached hydrogen (secondary N) is 2. The lowest BCUT2D eigenvalue weighted by molar-refractivity contribution is -0.153. The monoisotopic (exact) mass is 346 g/mol. The summed E-state index contributed by atoms with van der Waals surface area (Å²) in [5.41, 5.74) is 0.0415. The molecule has 2 amide bonds.